The van der Waals surface area contributed by atoms with E-state index in [-0.39, 0.29) is 11.8 Å². The molecule has 0 saturated carbocycles. The van der Waals surface area contributed by atoms with Gasteiger partial charge in [0.15, 0.2) is 0 Å². The molecule has 0 aliphatic rings. The quantitative estimate of drug-likeness (QED) is 0.803. The van der Waals surface area contributed by atoms with E-state index < -0.39 is 0 Å². The molecule has 2 aromatic carbocycles. The van der Waals surface area contributed by atoms with Crippen LogP contribution >= 0.6 is 0 Å². The fraction of sp³-hybridized carbons (Fsp3) is 0.381. The Morgan fingerprint density at radius 2 is 1.65 bits per heavy atom. The van der Waals surface area contributed by atoms with Crippen LogP contribution in [0.4, 0.5) is 5.69 Å². The third-order valence-corrected chi connectivity index (χ3v) is 4.16. The molecule has 2 aromatic rings. The molecule has 0 bridgehead atoms. The number of carbonyl (C=O) groups is 1. The molecular formula is C21H27NO. The van der Waals surface area contributed by atoms with Crippen LogP contribution in [0, 0.1) is 19.8 Å². The second kappa shape index (κ2) is 7.45. The molecule has 1 amide bonds. The molecular weight excluding hydrogens is 282 g/mol. The number of aryl methyl sites for hydroxylation is 2. The minimum atomic E-state index is -0.163. The fourth-order valence-corrected chi connectivity index (χ4v) is 2.76. The van der Waals surface area contributed by atoms with Gasteiger partial charge in [0, 0.05) is 5.69 Å². The van der Waals surface area contributed by atoms with Crippen molar-refractivity contribution in [2.75, 3.05) is 5.32 Å². The first-order chi connectivity index (χ1) is 10.9. The van der Waals surface area contributed by atoms with Gasteiger partial charge in [0.25, 0.3) is 0 Å². The van der Waals surface area contributed by atoms with Crippen molar-refractivity contribution in [1.82, 2.24) is 0 Å². The van der Waals surface area contributed by atoms with Crippen LogP contribution in [0.15, 0.2) is 42.5 Å². The summed E-state index contributed by atoms with van der Waals surface area (Å²) in [6.07, 6.45) is 1.07. The smallest absolute Gasteiger partial charge is 0.231 e. The van der Waals surface area contributed by atoms with Crippen LogP contribution in [-0.2, 0) is 11.2 Å². The van der Waals surface area contributed by atoms with Crippen molar-refractivity contribution in [1.29, 1.82) is 0 Å². The van der Waals surface area contributed by atoms with Crippen LogP contribution < -0.4 is 5.32 Å². The highest BCUT2D eigenvalue weighted by Gasteiger charge is 2.16. The van der Waals surface area contributed by atoms with E-state index in [1.807, 2.05) is 26.0 Å². The minimum Gasteiger partial charge on any atom is -0.325 e. The van der Waals surface area contributed by atoms with Crippen molar-refractivity contribution >= 4 is 11.6 Å². The first kappa shape index (κ1) is 17.3. The van der Waals surface area contributed by atoms with Crippen molar-refractivity contribution in [3.63, 3.8) is 0 Å². The number of benzene rings is 2. The molecule has 2 nitrogen and oxygen atoms in total. The molecule has 0 aliphatic heterocycles. The summed E-state index contributed by atoms with van der Waals surface area (Å²) in [6, 6.07) is 14.5. The summed E-state index contributed by atoms with van der Waals surface area (Å²) in [7, 11) is 0. The van der Waals surface area contributed by atoms with Gasteiger partial charge in [-0.2, -0.15) is 0 Å². The van der Waals surface area contributed by atoms with Crippen LogP contribution in [0.5, 0.6) is 0 Å². The van der Waals surface area contributed by atoms with E-state index in [1.165, 1.54) is 11.1 Å². The van der Waals surface area contributed by atoms with Gasteiger partial charge in [0.2, 0.25) is 5.91 Å². The van der Waals surface area contributed by atoms with E-state index in [1.54, 1.807) is 0 Å². The predicted molar refractivity (Wildman–Crippen MR) is 97.9 cm³/mol. The van der Waals surface area contributed by atoms with Crippen LogP contribution in [0.2, 0.25) is 0 Å². The second-order valence-corrected chi connectivity index (χ2v) is 6.87. The van der Waals surface area contributed by atoms with Crippen molar-refractivity contribution in [3.05, 3.63) is 64.7 Å². The number of nitrogens with one attached hydrogen (secondary N) is 1. The number of hydrogen-bond donors (Lipinski definition) is 1. The SMILES string of the molecule is Cc1ccc(NC(=O)[C@H](C)c2ccc(CC(C)C)cc2)c(C)c1. The molecule has 0 unspecified atom stereocenters. The van der Waals surface area contributed by atoms with Gasteiger partial charge in [-0.05, 0) is 55.9 Å². The van der Waals surface area contributed by atoms with E-state index in [0.29, 0.717) is 5.92 Å². The second-order valence-electron chi connectivity index (χ2n) is 6.87. The molecule has 0 fully saturated rings. The maximum atomic E-state index is 12.5. The maximum absolute atomic E-state index is 12.5. The molecule has 0 radical (unpaired) electrons. The average Bonchev–Trinajstić information content (AvgIpc) is 2.49. The lowest BCUT2D eigenvalue weighted by molar-refractivity contribution is -0.117. The van der Waals surface area contributed by atoms with E-state index in [2.05, 4.69) is 56.4 Å². The first-order valence-corrected chi connectivity index (χ1v) is 8.33. The molecule has 1 atom stereocenters. The Hall–Kier alpha value is -2.09. The lowest BCUT2D eigenvalue weighted by Crippen LogP contribution is -2.19. The highest BCUT2D eigenvalue weighted by molar-refractivity contribution is 5.96. The van der Waals surface area contributed by atoms with Crippen molar-refractivity contribution in [3.8, 4) is 0 Å². The summed E-state index contributed by atoms with van der Waals surface area (Å²) in [5.74, 6) is 0.517. The summed E-state index contributed by atoms with van der Waals surface area (Å²) < 4.78 is 0. The molecule has 1 N–H and O–H groups in total. The van der Waals surface area contributed by atoms with Crippen LogP contribution in [0.3, 0.4) is 0 Å². The largest absolute Gasteiger partial charge is 0.325 e. The third-order valence-electron chi connectivity index (χ3n) is 4.16. The molecule has 23 heavy (non-hydrogen) atoms. The monoisotopic (exact) mass is 309 g/mol. The predicted octanol–water partition coefficient (Wildman–Crippen LogP) is 5.24. The molecule has 0 saturated heterocycles. The van der Waals surface area contributed by atoms with Crippen LogP contribution in [0.25, 0.3) is 0 Å². The fourth-order valence-electron chi connectivity index (χ4n) is 2.76. The molecule has 0 aliphatic carbocycles. The van der Waals surface area contributed by atoms with Gasteiger partial charge in [0.05, 0.1) is 5.92 Å². The summed E-state index contributed by atoms with van der Waals surface area (Å²) in [4.78, 5) is 12.5. The molecule has 122 valence electrons. The summed E-state index contributed by atoms with van der Waals surface area (Å²) in [5.41, 5.74) is 5.57. The average molecular weight is 309 g/mol. The van der Waals surface area contributed by atoms with Crippen LogP contribution in [0.1, 0.15) is 48.9 Å². The topological polar surface area (TPSA) is 29.1 Å². The molecule has 0 spiro atoms. The van der Waals surface area contributed by atoms with E-state index in [0.717, 1.165) is 23.2 Å². The summed E-state index contributed by atoms with van der Waals surface area (Å²) >= 11 is 0. The van der Waals surface area contributed by atoms with Gasteiger partial charge in [-0.3, -0.25) is 4.79 Å². The summed E-state index contributed by atoms with van der Waals surface area (Å²) in [6.45, 7) is 10.5. The Labute approximate surface area is 139 Å². The number of rotatable bonds is 5. The van der Waals surface area contributed by atoms with E-state index >= 15 is 0 Å². The van der Waals surface area contributed by atoms with Crippen molar-refractivity contribution in [2.45, 2.75) is 47.0 Å². The number of hydrogen-bond acceptors (Lipinski definition) is 1. The lowest BCUT2D eigenvalue weighted by atomic mass is 9.96. The van der Waals surface area contributed by atoms with Gasteiger partial charge in [-0.15, -0.1) is 0 Å². The number of anilines is 1. The van der Waals surface area contributed by atoms with Gasteiger partial charge in [-0.25, -0.2) is 0 Å². The van der Waals surface area contributed by atoms with E-state index in [9.17, 15) is 4.79 Å². The zero-order valence-electron chi connectivity index (χ0n) is 14.8. The van der Waals surface area contributed by atoms with Gasteiger partial charge >= 0.3 is 0 Å². The Morgan fingerprint density at radius 3 is 2.22 bits per heavy atom. The molecule has 2 heteroatoms. The Morgan fingerprint density at radius 1 is 1.00 bits per heavy atom. The third kappa shape index (κ3) is 4.69. The Balaban J connectivity index is 2.07. The van der Waals surface area contributed by atoms with Gasteiger partial charge in [0.1, 0.15) is 0 Å². The number of carbonyl (C=O) groups excluding carboxylic acids is 1. The highest BCUT2D eigenvalue weighted by atomic mass is 16.1. The van der Waals surface area contributed by atoms with Crippen molar-refractivity contribution in [2.24, 2.45) is 5.92 Å². The zero-order chi connectivity index (χ0) is 17.0. The normalized spacial score (nSPS) is 12.3. The Bertz CT molecular complexity index is 671. The van der Waals surface area contributed by atoms with E-state index in [4.69, 9.17) is 0 Å². The maximum Gasteiger partial charge on any atom is 0.231 e. The Kier molecular flexibility index (Phi) is 5.59. The van der Waals surface area contributed by atoms with Crippen LogP contribution in [-0.4, -0.2) is 5.91 Å². The molecule has 2 rings (SSSR count). The zero-order valence-corrected chi connectivity index (χ0v) is 14.8. The molecule has 0 heterocycles. The summed E-state index contributed by atoms with van der Waals surface area (Å²) in [5, 5.41) is 3.04. The minimum absolute atomic E-state index is 0.0357. The van der Waals surface area contributed by atoms with Gasteiger partial charge < -0.3 is 5.32 Å². The lowest BCUT2D eigenvalue weighted by Gasteiger charge is -2.15. The standard InChI is InChI=1S/C21H27NO/c1-14(2)12-18-7-9-19(10-8-18)17(5)21(23)22-20-11-6-15(3)13-16(20)4/h6-11,13-14,17H,12H2,1-5H3,(H,22,23)/t17-/m1/s1. The molecule has 0 aromatic heterocycles. The van der Waals surface area contributed by atoms with Gasteiger partial charge in [-0.1, -0.05) is 55.8 Å². The first-order valence-electron chi connectivity index (χ1n) is 8.33. The number of amides is 1. The highest BCUT2D eigenvalue weighted by Crippen LogP contribution is 2.22. The van der Waals surface area contributed by atoms with Crippen molar-refractivity contribution < 1.29 is 4.79 Å².